The third-order valence-electron chi connectivity index (χ3n) is 2.96. The molecular weight excluding hydrogens is 314 g/mol. The fourth-order valence-corrected chi connectivity index (χ4v) is 2.01. The predicted octanol–water partition coefficient (Wildman–Crippen LogP) is 1.98. The number of guanidine groups is 1. The fourth-order valence-electron chi connectivity index (χ4n) is 2.01. The molecule has 1 rings (SSSR count). The van der Waals surface area contributed by atoms with E-state index in [2.05, 4.69) is 20.9 Å². The largest absolute Gasteiger partial charge is 0.357 e. The van der Waals surface area contributed by atoms with Crippen molar-refractivity contribution in [2.45, 2.75) is 39.7 Å². The molecule has 0 heterocycles. The lowest BCUT2D eigenvalue weighted by Gasteiger charge is -2.20. The Morgan fingerprint density at radius 1 is 1.21 bits per heavy atom. The molecule has 0 aliphatic rings. The lowest BCUT2D eigenvalue weighted by Crippen LogP contribution is -2.43. The van der Waals surface area contributed by atoms with Crippen molar-refractivity contribution in [2.75, 3.05) is 19.6 Å². The van der Waals surface area contributed by atoms with E-state index in [0.717, 1.165) is 6.07 Å². The summed E-state index contributed by atoms with van der Waals surface area (Å²) in [5, 5.41) is 8.83. The molecule has 0 spiro atoms. The molecule has 7 heteroatoms. The topological polar surface area (TPSA) is 65.5 Å². The molecule has 0 bridgehead atoms. The number of amides is 1. The van der Waals surface area contributed by atoms with Crippen LogP contribution in [0.4, 0.5) is 8.78 Å². The predicted molar refractivity (Wildman–Crippen MR) is 91.9 cm³/mol. The number of rotatable bonds is 6. The SMILES string of the molecule is CCNC(=NCC(=O)NC(C)(C)C)NCCc1cccc(F)c1F. The summed E-state index contributed by atoms with van der Waals surface area (Å²) in [5.41, 5.74) is -0.0170. The van der Waals surface area contributed by atoms with Crippen LogP contribution in [0.3, 0.4) is 0 Å². The molecule has 0 radical (unpaired) electrons. The van der Waals surface area contributed by atoms with Crippen molar-refractivity contribution in [1.29, 1.82) is 0 Å². The third kappa shape index (κ3) is 7.39. The van der Waals surface area contributed by atoms with Crippen LogP contribution in [0.25, 0.3) is 0 Å². The maximum atomic E-state index is 13.6. The van der Waals surface area contributed by atoms with Crippen molar-refractivity contribution in [3.8, 4) is 0 Å². The average molecular weight is 340 g/mol. The molecular formula is C17H26F2N4O. The van der Waals surface area contributed by atoms with Crippen LogP contribution in [0.2, 0.25) is 0 Å². The monoisotopic (exact) mass is 340 g/mol. The first-order valence-electron chi connectivity index (χ1n) is 7.99. The molecule has 134 valence electrons. The number of carbonyl (C=O) groups excluding carboxylic acids is 1. The van der Waals surface area contributed by atoms with Crippen LogP contribution >= 0.6 is 0 Å². The lowest BCUT2D eigenvalue weighted by atomic mass is 10.1. The van der Waals surface area contributed by atoms with Crippen LogP contribution in [-0.2, 0) is 11.2 Å². The summed E-state index contributed by atoms with van der Waals surface area (Å²) in [6.07, 6.45) is 0.308. The Hall–Kier alpha value is -2.18. The number of aliphatic imine (C=N–C) groups is 1. The number of halogens is 2. The highest BCUT2D eigenvalue weighted by atomic mass is 19.2. The van der Waals surface area contributed by atoms with Crippen molar-refractivity contribution < 1.29 is 13.6 Å². The highest BCUT2D eigenvalue weighted by molar-refractivity contribution is 5.85. The van der Waals surface area contributed by atoms with E-state index in [1.807, 2.05) is 27.7 Å². The first kappa shape index (κ1) is 19.9. The molecule has 0 fully saturated rings. The molecule has 0 atom stereocenters. The van der Waals surface area contributed by atoms with Gasteiger partial charge in [0.25, 0.3) is 0 Å². The van der Waals surface area contributed by atoms with E-state index >= 15 is 0 Å². The van der Waals surface area contributed by atoms with Gasteiger partial charge >= 0.3 is 0 Å². The highest BCUT2D eigenvalue weighted by Crippen LogP contribution is 2.11. The van der Waals surface area contributed by atoms with Gasteiger partial charge in [-0.1, -0.05) is 12.1 Å². The van der Waals surface area contributed by atoms with Crippen LogP contribution in [0.5, 0.6) is 0 Å². The highest BCUT2D eigenvalue weighted by Gasteiger charge is 2.13. The van der Waals surface area contributed by atoms with Crippen molar-refractivity contribution in [2.24, 2.45) is 4.99 Å². The smallest absolute Gasteiger partial charge is 0.242 e. The Morgan fingerprint density at radius 3 is 2.54 bits per heavy atom. The van der Waals surface area contributed by atoms with Crippen LogP contribution in [0.15, 0.2) is 23.2 Å². The van der Waals surface area contributed by atoms with E-state index in [9.17, 15) is 13.6 Å². The van der Waals surface area contributed by atoms with Crippen molar-refractivity contribution in [3.05, 3.63) is 35.4 Å². The minimum absolute atomic E-state index is 0.0130. The second kappa shape index (κ2) is 9.20. The molecule has 1 aromatic carbocycles. The molecule has 0 saturated heterocycles. The summed E-state index contributed by atoms with van der Waals surface area (Å²) in [6, 6.07) is 4.11. The van der Waals surface area contributed by atoms with E-state index in [0.29, 0.717) is 31.0 Å². The lowest BCUT2D eigenvalue weighted by molar-refractivity contribution is -0.121. The number of nitrogens with one attached hydrogen (secondary N) is 3. The number of nitrogens with zero attached hydrogens (tertiary/aromatic N) is 1. The zero-order valence-corrected chi connectivity index (χ0v) is 14.7. The molecule has 1 amide bonds. The maximum Gasteiger partial charge on any atom is 0.242 e. The molecule has 3 N–H and O–H groups in total. The maximum absolute atomic E-state index is 13.6. The van der Waals surface area contributed by atoms with Crippen LogP contribution < -0.4 is 16.0 Å². The van der Waals surface area contributed by atoms with Crippen LogP contribution in [0, 0.1) is 11.6 Å². The first-order chi connectivity index (χ1) is 11.2. The van der Waals surface area contributed by atoms with Crippen molar-refractivity contribution in [3.63, 3.8) is 0 Å². The van der Waals surface area contributed by atoms with E-state index < -0.39 is 11.6 Å². The Labute approximate surface area is 141 Å². The summed E-state index contributed by atoms with van der Waals surface area (Å²) in [4.78, 5) is 16.0. The second-order valence-corrected chi connectivity index (χ2v) is 6.38. The van der Waals surface area contributed by atoms with Gasteiger partial charge in [0.05, 0.1) is 0 Å². The van der Waals surface area contributed by atoms with E-state index in [4.69, 9.17) is 0 Å². The van der Waals surface area contributed by atoms with Crippen LogP contribution in [-0.4, -0.2) is 37.0 Å². The summed E-state index contributed by atoms with van der Waals surface area (Å²) in [6.45, 7) is 8.57. The van der Waals surface area contributed by atoms with Crippen LogP contribution in [0.1, 0.15) is 33.3 Å². The first-order valence-corrected chi connectivity index (χ1v) is 7.99. The summed E-state index contributed by atoms with van der Waals surface area (Å²) >= 11 is 0. The normalized spacial score (nSPS) is 12.0. The molecule has 1 aromatic rings. The van der Waals surface area contributed by atoms with E-state index in [1.165, 1.54) is 6.07 Å². The van der Waals surface area contributed by atoms with Gasteiger partial charge in [0.1, 0.15) is 6.54 Å². The van der Waals surface area contributed by atoms with Gasteiger partial charge < -0.3 is 16.0 Å². The zero-order chi connectivity index (χ0) is 18.2. The molecule has 0 aromatic heterocycles. The Bertz CT molecular complexity index is 582. The number of benzene rings is 1. The quantitative estimate of drug-likeness (QED) is 0.548. The van der Waals surface area contributed by atoms with Gasteiger partial charge in [-0.15, -0.1) is 0 Å². The number of carbonyl (C=O) groups is 1. The molecule has 0 aliphatic heterocycles. The van der Waals surface area contributed by atoms with Crippen molar-refractivity contribution in [1.82, 2.24) is 16.0 Å². The van der Waals surface area contributed by atoms with Gasteiger partial charge in [-0.3, -0.25) is 4.79 Å². The summed E-state index contributed by atoms with van der Waals surface area (Å²) < 4.78 is 26.7. The molecule has 0 unspecified atom stereocenters. The molecule has 0 saturated carbocycles. The Kier molecular flexibility index (Phi) is 7.61. The molecule has 24 heavy (non-hydrogen) atoms. The minimum atomic E-state index is -0.855. The summed E-state index contributed by atoms with van der Waals surface area (Å²) in [7, 11) is 0. The molecule has 0 aliphatic carbocycles. The van der Waals surface area contributed by atoms with Gasteiger partial charge in [-0.2, -0.15) is 0 Å². The zero-order valence-electron chi connectivity index (χ0n) is 14.7. The fraction of sp³-hybridized carbons (Fsp3) is 0.529. The number of hydrogen-bond acceptors (Lipinski definition) is 2. The Balaban J connectivity index is 2.55. The number of hydrogen-bond donors (Lipinski definition) is 3. The van der Waals surface area contributed by atoms with Gasteiger partial charge in [0, 0.05) is 18.6 Å². The minimum Gasteiger partial charge on any atom is -0.357 e. The van der Waals surface area contributed by atoms with Crippen molar-refractivity contribution >= 4 is 11.9 Å². The standard InChI is InChI=1S/C17H26F2N4O/c1-5-20-16(22-11-14(24)23-17(2,3)4)21-10-9-12-7-6-8-13(18)15(12)19/h6-8H,5,9-11H2,1-4H3,(H,23,24)(H2,20,21,22). The summed E-state index contributed by atoms with van der Waals surface area (Å²) in [5.74, 6) is -1.41. The van der Waals surface area contributed by atoms with Gasteiger partial charge in [0.15, 0.2) is 17.6 Å². The van der Waals surface area contributed by atoms with Gasteiger partial charge in [-0.05, 0) is 45.7 Å². The van der Waals surface area contributed by atoms with Gasteiger partial charge in [-0.25, -0.2) is 13.8 Å². The van der Waals surface area contributed by atoms with E-state index in [-0.39, 0.29) is 18.0 Å². The Morgan fingerprint density at radius 2 is 1.92 bits per heavy atom. The molecule has 5 nitrogen and oxygen atoms in total. The van der Waals surface area contributed by atoms with Gasteiger partial charge in [0.2, 0.25) is 5.91 Å². The van der Waals surface area contributed by atoms with E-state index in [1.54, 1.807) is 6.07 Å². The average Bonchev–Trinajstić information content (AvgIpc) is 2.47. The second-order valence-electron chi connectivity index (χ2n) is 6.38. The third-order valence-corrected chi connectivity index (χ3v) is 2.96.